The first-order valence-electron chi connectivity index (χ1n) is 5.67. The lowest BCUT2D eigenvalue weighted by Crippen LogP contribution is -1.89. The predicted octanol–water partition coefficient (Wildman–Crippen LogP) is 3.10. The molecule has 3 nitrogen and oxygen atoms in total. The molecule has 0 unspecified atom stereocenters. The highest BCUT2D eigenvalue weighted by atomic mass is 19.1. The molecular weight excluding hydrogens is 219 g/mol. The van der Waals surface area contributed by atoms with Crippen LogP contribution in [0.2, 0.25) is 0 Å². The van der Waals surface area contributed by atoms with E-state index in [9.17, 15) is 4.39 Å². The monoisotopic (exact) mass is 232 g/mol. The van der Waals surface area contributed by atoms with E-state index in [0.717, 1.165) is 11.4 Å². The largest absolute Gasteiger partial charge is 0.494 e. The first kappa shape index (κ1) is 10.3. The number of nitrogens with zero attached hydrogens (tertiary/aromatic N) is 1. The minimum absolute atomic E-state index is 0.242. The fourth-order valence-electron chi connectivity index (χ4n) is 1.89. The molecule has 17 heavy (non-hydrogen) atoms. The van der Waals surface area contributed by atoms with Crippen molar-refractivity contribution in [3.05, 3.63) is 35.9 Å². The van der Waals surface area contributed by atoms with Crippen LogP contribution in [0.15, 0.2) is 24.4 Å². The maximum Gasteiger partial charge on any atom is 0.165 e. The summed E-state index contributed by atoms with van der Waals surface area (Å²) in [6, 6.07) is 4.76. The second kappa shape index (κ2) is 3.87. The Balaban J connectivity index is 1.96. The summed E-state index contributed by atoms with van der Waals surface area (Å²) in [6.45, 7) is 0. The molecule has 2 aromatic rings. The first-order valence-corrected chi connectivity index (χ1v) is 5.67. The minimum atomic E-state index is -0.356. The zero-order chi connectivity index (χ0) is 11.8. The van der Waals surface area contributed by atoms with Crippen molar-refractivity contribution in [1.29, 1.82) is 0 Å². The van der Waals surface area contributed by atoms with Crippen molar-refractivity contribution >= 4 is 0 Å². The molecule has 0 atom stereocenters. The Labute approximate surface area is 98.7 Å². The molecule has 0 bridgehead atoms. The number of hydrogen-bond donors (Lipinski definition) is 1. The van der Waals surface area contributed by atoms with Crippen molar-refractivity contribution in [2.75, 3.05) is 7.11 Å². The zero-order valence-corrected chi connectivity index (χ0v) is 9.53. The number of rotatable bonds is 3. The van der Waals surface area contributed by atoms with E-state index < -0.39 is 0 Å². The van der Waals surface area contributed by atoms with E-state index in [1.807, 2.05) is 6.20 Å². The number of methoxy groups -OCH3 is 1. The van der Waals surface area contributed by atoms with Crippen LogP contribution in [0, 0.1) is 5.82 Å². The number of halogens is 1. The second-order valence-corrected chi connectivity index (χ2v) is 4.31. The van der Waals surface area contributed by atoms with Crippen LogP contribution >= 0.6 is 0 Å². The average molecular weight is 232 g/mol. The normalized spacial score (nSPS) is 14.9. The zero-order valence-electron chi connectivity index (χ0n) is 9.53. The SMILES string of the molecule is COc1cc(-c2ncc(C3CC3)[nH]2)ccc1F. The number of hydrogen-bond acceptors (Lipinski definition) is 2. The Morgan fingerprint density at radius 3 is 2.94 bits per heavy atom. The van der Waals surface area contributed by atoms with Crippen molar-refractivity contribution in [3.8, 4) is 17.1 Å². The standard InChI is InChI=1S/C13H13FN2O/c1-17-12-6-9(4-5-10(12)14)13-15-7-11(16-13)8-2-3-8/h4-8H,2-3H2,1H3,(H,15,16). The summed E-state index contributed by atoms with van der Waals surface area (Å²) in [5.74, 6) is 1.29. The van der Waals surface area contributed by atoms with Gasteiger partial charge in [0, 0.05) is 23.4 Å². The summed E-state index contributed by atoms with van der Waals surface area (Å²) in [4.78, 5) is 7.59. The van der Waals surface area contributed by atoms with Crippen molar-refractivity contribution in [3.63, 3.8) is 0 Å². The third-order valence-corrected chi connectivity index (χ3v) is 3.04. The van der Waals surface area contributed by atoms with Crippen molar-refractivity contribution in [1.82, 2.24) is 9.97 Å². The van der Waals surface area contributed by atoms with Crippen molar-refractivity contribution < 1.29 is 9.13 Å². The molecule has 1 aromatic heterocycles. The summed E-state index contributed by atoms with van der Waals surface area (Å²) in [6.07, 6.45) is 4.32. The number of aromatic nitrogens is 2. The molecule has 1 aliphatic carbocycles. The van der Waals surface area contributed by atoms with Crippen molar-refractivity contribution in [2.24, 2.45) is 0 Å². The van der Waals surface area contributed by atoms with Crippen LogP contribution in [0.25, 0.3) is 11.4 Å². The number of ether oxygens (including phenoxy) is 1. The van der Waals surface area contributed by atoms with Crippen LogP contribution in [0.4, 0.5) is 4.39 Å². The second-order valence-electron chi connectivity index (χ2n) is 4.31. The van der Waals surface area contributed by atoms with E-state index in [0.29, 0.717) is 5.92 Å². The topological polar surface area (TPSA) is 37.9 Å². The molecule has 1 aromatic carbocycles. The molecule has 0 saturated heterocycles. The van der Waals surface area contributed by atoms with Crippen LogP contribution in [0.1, 0.15) is 24.5 Å². The summed E-state index contributed by atoms with van der Waals surface area (Å²) >= 11 is 0. The summed E-state index contributed by atoms with van der Waals surface area (Å²) in [7, 11) is 1.46. The Hall–Kier alpha value is -1.84. The lowest BCUT2D eigenvalue weighted by atomic mass is 10.2. The molecule has 1 saturated carbocycles. The van der Waals surface area contributed by atoms with Gasteiger partial charge >= 0.3 is 0 Å². The molecule has 1 aliphatic rings. The van der Waals surface area contributed by atoms with Gasteiger partial charge < -0.3 is 9.72 Å². The Morgan fingerprint density at radius 2 is 2.24 bits per heavy atom. The Bertz CT molecular complexity index is 546. The molecule has 0 amide bonds. The van der Waals surface area contributed by atoms with E-state index in [-0.39, 0.29) is 11.6 Å². The number of nitrogens with one attached hydrogen (secondary N) is 1. The lowest BCUT2D eigenvalue weighted by molar-refractivity contribution is 0.387. The van der Waals surface area contributed by atoms with Crippen LogP contribution in [-0.4, -0.2) is 17.1 Å². The summed E-state index contributed by atoms with van der Waals surface area (Å²) < 4.78 is 18.2. The Kier molecular flexibility index (Phi) is 2.35. The minimum Gasteiger partial charge on any atom is -0.494 e. The maximum absolute atomic E-state index is 13.3. The fourth-order valence-corrected chi connectivity index (χ4v) is 1.89. The van der Waals surface area contributed by atoms with Gasteiger partial charge in [-0.15, -0.1) is 0 Å². The van der Waals surface area contributed by atoms with Gasteiger partial charge in [0.2, 0.25) is 0 Å². The highest BCUT2D eigenvalue weighted by Crippen LogP contribution is 2.39. The molecule has 88 valence electrons. The molecule has 1 N–H and O–H groups in total. The van der Waals surface area contributed by atoms with Gasteiger partial charge in [0.25, 0.3) is 0 Å². The van der Waals surface area contributed by atoms with Gasteiger partial charge in [-0.3, -0.25) is 0 Å². The molecular formula is C13H13FN2O. The van der Waals surface area contributed by atoms with Gasteiger partial charge in [0.15, 0.2) is 11.6 Å². The number of aromatic amines is 1. The van der Waals surface area contributed by atoms with Crippen LogP contribution in [0.3, 0.4) is 0 Å². The predicted molar refractivity (Wildman–Crippen MR) is 62.5 cm³/mol. The van der Waals surface area contributed by atoms with E-state index in [1.165, 1.54) is 31.7 Å². The molecule has 4 heteroatoms. The molecule has 0 spiro atoms. The van der Waals surface area contributed by atoms with Gasteiger partial charge in [0.1, 0.15) is 5.82 Å². The maximum atomic E-state index is 13.3. The van der Waals surface area contributed by atoms with Crippen LogP contribution < -0.4 is 4.74 Å². The molecule has 0 aliphatic heterocycles. The number of benzene rings is 1. The fraction of sp³-hybridized carbons (Fsp3) is 0.308. The highest BCUT2D eigenvalue weighted by molar-refractivity contribution is 5.58. The molecule has 1 fully saturated rings. The van der Waals surface area contributed by atoms with Gasteiger partial charge in [0.05, 0.1) is 7.11 Å². The van der Waals surface area contributed by atoms with Crippen LogP contribution in [-0.2, 0) is 0 Å². The van der Waals surface area contributed by atoms with E-state index in [4.69, 9.17) is 4.74 Å². The first-order chi connectivity index (χ1) is 8.28. The third kappa shape index (κ3) is 1.90. The smallest absolute Gasteiger partial charge is 0.165 e. The molecule has 0 radical (unpaired) electrons. The average Bonchev–Trinajstić information content (AvgIpc) is 3.08. The summed E-state index contributed by atoms with van der Waals surface area (Å²) in [5, 5.41) is 0. The van der Waals surface area contributed by atoms with Gasteiger partial charge in [-0.05, 0) is 31.0 Å². The number of imidazole rings is 1. The third-order valence-electron chi connectivity index (χ3n) is 3.04. The van der Waals surface area contributed by atoms with Gasteiger partial charge in [-0.2, -0.15) is 0 Å². The van der Waals surface area contributed by atoms with E-state index in [1.54, 1.807) is 12.1 Å². The summed E-state index contributed by atoms with van der Waals surface area (Å²) in [5.41, 5.74) is 2.01. The Morgan fingerprint density at radius 1 is 1.41 bits per heavy atom. The van der Waals surface area contributed by atoms with Gasteiger partial charge in [-0.1, -0.05) is 0 Å². The quantitative estimate of drug-likeness (QED) is 0.883. The lowest BCUT2D eigenvalue weighted by Gasteiger charge is -2.03. The number of H-pyrrole nitrogens is 1. The van der Waals surface area contributed by atoms with E-state index >= 15 is 0 Å². The van der Waals surface area contributed by atoms with Gasteiger partial charge in [-0.25, -0.2) is 9.37 Å². The molecule has 3 rings (SSSR count). The highest BCUT2D eigenvalue weighted by Gasteiger charge is 2.25. The van der Waals surface area contributed by atoms with E-state index in [2.05, 4.69) is 9.97 Å². The van der Waals surface area contributed by atoms with Crippen molar-refractivity contribution in [2.45, 2.75) is 18.8 Å². The molecule has 1 heterocycles. The van der Waals surface area contributed by atoms with Crippen LogP contribution in [0.5, 0.6) is 5.75 Å².